The Morgan fingerprint density at radius 1 is 1.42 bits per heavy atom. The Hall–Kier alpha value is -3.03. The van der Waals surface area contributed by atoms with E-state index in [-0.39, 0.29) is 11.6 Å². The van der Waals surface area contributed by atoms with E-state index < -0.39 is 11.0 Å². The van der Waals surface area contributed by atoms with Crippen molar-refractivity contribution < 1.29 is 9.72 Å². The average Bonchev–Trinajstić information content (AvgIpc) is 2.57. The van der Waals surface area contributed by atoms with Crippen LogP contribution in [0.2, 0.25) is 0 Å². The zero-order valence-electron chi connectivity index (χ0n) is 13.2. The number of hydrogen-bond acceptors (Lipinski definition) is 6. The fourth-order valence-corrected chi connectivity index (χ4v) is 2.78. The van der Waals surface area contributed by atoms with Crippen LogP contribution in [0.1, 0.15) is 18.4 Å². The van der Waals surface area contributed by atoms with E-state index in [9.17, 15) is 14.9 Å². The highest BCUT2D eigenvalue weighted by Crippen LogP contribution is 2.24. The monoisotopic (exact) mass is 327 g/mol. The highest BCUT2D eigenvalue weighted by molar-refractivity contribution is 5.99. The first-order chi connectivity index (χ1) is 11.6. The lowest BCUT2D eigenvalue weighted by Crippen LogP contribution is -2.47. The molecule has 0 bridgehead atoms. The quantitative estimate of drug-likeness (QED) is 0.683. The largest absolute Gasteiger partial charge is 0.358 e. The molecule has 24 heavy (non-hydrogen) atoms. The summed E-state index contributed by atoms with van der Waals surface area (Å²) in [4.78, 5) is 32.9. The minimum Gasteiger partial charge on any atom is -0.358 e. The molecule has 1 N–H and O–H groups in total. The maximum atomic E-state index is 12.7. The number of aryl methyl sites for hydroxylation is 1. The molecule has 8 nitrogen and oxygen atoms in total. The lowest BCUT2D eigenvalue weighted by atomic mass is 10.0. The second-order valence-electron chi connectivity index (χ2n) is 5.65. The second-order valence-corrected chi connectivity index (χ2v) is 5.65. The summed E-state index contributed by atoms with van der Waals surface area (Å²) in [7, 11) is 0. The summed E-state index contributed by atoms with van der Waals surface area (Å²) in [5.74, 6) is 0.413. The van der Waals surface area contributed by atoms with Crippen LogP contribution >= 0.6 is 0 Å². The summed E-state index contributed by atoms with van der Waals surface area (Å²) >= 11 is 0. The van der Waals surface area contributed by atoms with Gasteiger partial charge in [-0.25, -0.2) is 4.98 Å². The third kappa shape index (κ3) is 3.17. The number of nitro groups is 1. The van der Waals surface area contributed by atoms with Gasteiger partial charge in [0.15, 0.2) is 0 Å². The zero-order chi connectivity index (χ0) is 17.1. The van der Waals surface area contributed by atoms with Gasteiger partial charge >= 0.3 is 0 Å². The van der Waals surface area contributed by atoms with Gasteiger partial charge in [0, 0.05) is 18.3 Å². The molecule has 3 rings (SSSR count). The first-order valence-corrected chi connectivity index (χ1v) is 7.65. The van der Waals surface area contributed by atoms with E-state index in [2.05, 4.69) is 15.3 Å². The molecule has 1 saturated heterocycles. The van der Waals surface area contributed by atoms with Crippen molar-refractivity contribution >= 4 is 23.1 Å². The molecule has 0 unspecified atom stereocenters. The van der Waals surface area contributed by atoms with Gasteiger partial charge in [-0.2, -0.15) is 0 Å². The van der Waals surface area contributed by atoms with Gasteiger partial charge in [-0.3, -0.25) is 19.9 Å². The summed E-state index contributed by atoms with van der Waals surface area (Å²) in [5, 5.41) is 13.9. The van der Waals surface area contributed by atoms with Crippen LogP contribution in [0.3, 0.4) is 0 Å². The van der Waals surface area contributed by atoms with E-state index in [1.54, 1.807) is 36.4 Å². The number of amides is 1. The van der Waals surface area contributed by atoms with Crippen LogP contribution in [-0.4, -0.2) is 33.4 Å². The van der Waals surface area contributed by atoms with Crippen LogP contribution in [0.5, 0.6) is 0 Å². The third-order valence-electron chi connectivity index (χ3n) is 4.00. The maximum Gasteiger partial charge on any atom is 0.290 e. The number of rotatable bonds is 4. The zero-order valence-corrected chi connectivity index (χ0v) is 13.2. The second kappa shape index (κ2) is 6.61. The van der Waals surface area contributed by atoms with E-state index in [0.29, 0.717) is 24.3 Å². The summed E-state index contributed by atoms with van der Waals surface area (Å²) in [6.45, 7) is 2.30. The number of carbonyl (C=O) groups excluding carboxylic acids is 1. The van der Waals surface area contributed by atoms with Gasteiger partial charge in [0.05, 0.1) is 16.8 Å². The van der Waals surface area contributed by atoms with E-state index in [1.807, 2.05) is 6.07 Å². The fourth-order valence-electron chi connectivity index (χ4n) is 2.78. The maximum absolute atomic E-state index is 12.7. The van der Waals surface area contributed by atoms with Crippen molar-refractivity contribution in [3.63, 3.8) is 0 Å². The van der Waals surface area contributed by atoms with Crippen molar-refractivity contribution in [1.29, 1.82) is 0 Å². The number of aromatic nitrogens is 2. The number of anilines is 2. The first kappa shape index (κ1) is 15.9. The molecule has 124 valence electrons. The molecule has 3 heterocycles. The molecule has 0 spiro atoms. The molecular weight excluding hydrogens is 310 g/mol. The van der Waals surface area contributed by atoms with Crippen LogP contribution < -0.4 is 10.2 Å². The SMILES string of the molecule is Cc1cc(N[C@@H]2CCCN(c3cccnc3)C2=O)ncc1[N+](=O)[O-]. The van der Waals surface area contributed by atoms with Crippen LogP contribution in [0.4, 0.5) is 17.2 Å². The summed E-state index contributed by atoms with van der Waals surface area (Å²) in [6.07, 6.45) is 6.08. The van der Waals surface area contributed by atoms with Gasteiger partial charge in [0.25, 0.3) is 5.69 Å². The first-order valence-electron chi connectivity index (χ1n) is 7.65. The molecule has 1 aliphatic heterocycles. The average molecular weight is 327 g/mol. The predicted octanol–water partition coefficient (Wildman–Crippen LogP) is 2.30. The van der Waals surface area contributed by atoms with Crippen LogP contribution in [-0.2, 0) is 4.79 Å². The van der Waals surface area contributed by atoms with Crippen molar-refractivity contribution in [2.45, 2.75) is 25.8 Å². The van der Waals surface area contributed by atoms with Gasteiger partial charge in [-0.1, -0.05) is 0 Å². The molecule has 0 aromatic carbocycles. The smallest absolute Gasteiger partial charge is 0.290 e. The molecule has 1 atom stereocenters. The van der Waals surface area contributed by atoms with Gasteiger partial charge in [-0.05, 0) is 38.0 Å². The molecule has 1 amide bonds. The van der Waals surface area contributed by atoms with Gasteiger partial charge in [0.1, 0.15) is 18.1 Å². The predicted molar refractivity (Wildman–Crippen MR) is 88.9 cm³/mol. The molecule has 0 radical (unpaired) electrons. The summed E-state index contributed by atoms with van der Waals surface area (Å²) in [6, 6.07) is 4.82. The molecule has 1 fully saturated rings. The molecule has 2 aromatic rings. The topological polar surface area (TPSA) is 101 Å². The highest BCUT2D eigenvalue weighted by atomic mass is 16.6. The van der Waals surface area contributed by atoms with Crippen molar-refractivity contribution in [3.05, 3.63) is 52.5 Å². The van der Waals surface area contributed by atoms with Crippen LogP contribution in [0.25, 0.3) is 0 Å². The van der Waals surface area contributed by atoms with E-state index in [1.165, 1.54) is 6.20 Å². The Labute approximate surface area is 138 Å². The molecule has 8 heteroatoms. The number of carbonyl (C=O) groups is 1. The summed E-state index contributed by atoms with van der Waals surface area (Å²) in [5.41, 5.74) is 1.24. The van der Waals surface area contributed by atoms with Crippen LogP contribution in [0.15, 0.2) is 36.8 Å². The van der Waals surface area contributed by atoms with E-state index in [0.717, 1.165) is 12.1 Å². The Morgan fingerprint density at radius 3 is 2.92 bits per heavy atom. The lowest BCUT2D eigenvalue weighted by molar-refractivity contribution is -0.385. The Kier molecular flexibility index (Phi) is 4.37. The minimum atomic E-state index is -0.470. The lowest BCUT2D eigenvalue weighted by Gasteiger charge is -2.32. The third-order valence-corrected chi connectivity index (χ3v) is 4.00. The highest BCUT2D eigenvalue weighted by Gasteiger charge is 2.30. The summed E-state index contributed by atoms with van der Waals surface area (Å²) < 4.78 is 0. The van der Waals surface area contributed by atoms with Crippen molar-refractivity contribution in [2.24, 2.45) is 0 Å². The molecule has 1 aliphatic rings. The van der Waals surface area contributed by atoms with Gasteiger partial charge in [-0.15, -0.1) is 0 Å². The Morgan fingerprint density at radius 2 is 2.25 bits per heavy atom. The number of piperidine rings is 1. The normalized spacial score (nSPS) is 17.6. The van der Waals surface area contributed by atoms with Crippen LogP contribution in [0, 0.1) is 17.0 Å². The number of pyridine rings is 2. The number of hydrogen-bond donors (Lipinski definition) is 1. The molecular formula is C16H17N5O3. The van der Waals surface area contributed by atoms with Gasteiger partial charge in [0.2, 0.25) is 5.91 Å². The standard InChI is InChI=1S/C16H17N5O3/c1-11-8-15(18-10-14(11)21(23)24)19-13-5-3-7-20(16(13)22)12-4-2-6-17-9-12/h2,4,6,8-10,13H,3,5,7H2,1H3,(H,18,19)/t13-/m1/s1. The Balaban J connectivity index is 1.76. The Bertz CT molecular complexity index is 766. The fraction of sp³-hybridized carbons (Fsp3) is 0.312. The van der Waals surface area contributed by atoms with E-state index >= 15 is 0 Å². The number of nitrogens with one attached hydrogen (secondary N) is 1. The van der Waals surface area contributed by atoms with Crippen molar-refractivity contribution in [3.8, 4) is 0 Å². The molecule has 0 aliphatic carbocycles. The van der Waals surface area contributed by atoms with Crippen molar-refractivity contribution in [2.75, 3.05) is 16.8 Å². The van der Waals surface area contributed by atoms with Gasteiger partial charge < -0.3 is 10.2 Å². The van der Waals surface area contributed by atoms with E-state index in [4.69, 9.17) is 0 Å². The molecule has 2 aromatic heterocycles. The minimum absolute atomic E-state index is 0.0347. The number of nitrogens with zero attached hydrogens (tertiary/aromatic N) is 4. The molecule has 0 saturated carbocycles. The van der Waals surface area contributed by atoms with Crippen molar-refractivity contribution in [1.82, 2.24) is 9.97 Å².